The van der Waals surface area contributed by atoms with Gasteiger partial charge in [0.2, 0.25) is 0 Å². The summed E-state index contributed by atoms with van der Waals surface area (Å²) < 4.78 is 26.5. The summed E-state index contributed by atoms with van der Waals surface area (Å²) in [5.41, 5.74) is 1.71. The van der Waals surface area contributed by atoms with Gasteiger partial charge in [-0.3, -0.25) is 0 Å². The lowest BCUT2D eigenvalue weighted by Gasteiger charge is -2.07. The van der Waals surface area contributed by atoms with Crippen LogP contribution in [-0.4, -0.2) is 32.0 Å². The number of carbonyl (C=O) groups is 1. The van der Waals surface area contributed by atoms with Crippen LogP contribution >= 0.6 is 0 Å². The van der Waals surface area contributed by atoms with E-state index in [-0.39, 0.29) is 6.61 Å². The fourth-order valence-electron chi connectivity index (χ4n) is 2.58. The molecule has 0 aliphatic heterocycles. The second-order valence-corrected chi connectivity index (χ2v) is 5.79. The molecular formula is C21H21NO6. The number of aromatic nitrogens is 1. The van der Waals surface area contributed by atoms with Gasteiger partial charge in [-0.2, -0.15) is 0 Å². The summed E-state index contributed by atoms with van der Waals surface area (Å²) in [5.74, 6) is 2.00. The van der Waals surface area contributed by atoms with E-state index in [0.29, 0.717) is 40.9 Å². The van der Waals surface area contributed by atoms with Crippen LogP contribution in [0.2, 0.25) is 0 Å². The van der Waals surface area contributed by atoms with E-state index in [9.17, 15) is 4.79 Å². The predicted molar refractivity (Wildman–Crippen MR) is 102 cm³/mol. The molecule has 0 amide bonds. The Balaban J connectivity index is 1.64. The topological polar surface area (TPSA) is 80.0 Å². The summed E-state index contributed by atoms with van der Waals surface area (Å²) >= 11 is 0. The molecule has 0 N–H and O–H groups in total. The smallest absolute Gasteiger partial charge is 0.338 e. The Hall–Kier alpha value is -3.48. The van der Waals surface area contributed by atoms with Crippen LogP contribution in [0.4, 0.5) is 0 Å². The van der Waals surface area contributed by atoms with Crippen LogP contribution in [0.25, 0.3) is 11.3 Å². The third-order valence-corrected chi connectivity index (χ3v) is 3.98. The summed E-state index contributed by atoms with van der Waals surface area (Å²) in [6.07, 6.45) is 0. The molecule has 0 bridgehead atoms. The third-order valence-electron chi connectivity index (χ3n) is 3.98. The molecule has 0 aliphatic carbocycles. The highest BCUT2D eigenvalue weighted by Gasteiger charge is 2.13. The Bertz CT molecular complexity index is 932. The highest BCUT2D eigenvalue weighted by atomic mass is 16.5. The zero-order chi connectivity index (χ0) is 19.9. The number of benzene rings is 2. The minimum atomic E-state index is -0.446. The number of nitrogens with zero attached hydrogens (tertiary/aromatic N) is 1. The molecule has 2 aromatic carbocycles. The van der Waals surface area contributed by atoms with E-state index in [2.05, 4.69) is 5.16 Å². The number of esters is 1. The van der Waals surface area contributed by atoms with E-state index in [4.69, 9.17) is 23.5 Å². The molecule has 0 saturated heterocycles. The number of hydrogen-bond acceptors (Lipinski definition) is 7. The molecule has 28 heavy (non-hydrogen) atoms. The molecule has 3 aromatic rings. The summed E-state index contributed by atoms with van der Waals surface area (Å²) in [4.78, 5) is 12.2. The molecule has 0 saturated carbocycles. The van der Waals surface area contributed by atoms with Crippen LogP contribution in [0.3, 0.4) is 0 Å². The number of ether oxygens (including phenoxy) is 4. The maximum Gasteiger partial charge on any atom is 0.338 e. The number of carbonyl (C=O) groups excluding carboxylic acids is 1. The van der Waals surface area contributed by atoms with Crippen LogP contribution in [0.5, 0.6) is 17.2 Å². The standard InChI is InChI=1S/C21H21NO6/c1-4-26-17-8-5-14(6-9-17)21(23)27-13-16-12-19(28-22-16)15-7-10-18(24-2)20(11-15)25-3/h5-12H,4,13H2,1-3H3. The average Bonchev–Trinajstić information content (AvgIpc) is 3.21. The molecular weight excluding hydrogens is 362 g/mol. The molecule has 146 valence electrons. The van der Waals surface area contributed by atoms with Crippen LogP contribution in [-0.2, 0) is 11.3 Å². The van der Waals surface area contributed by atoms with Crippen molar-refractivity contribution >= 4 is 5.97 Å². The summed E-state index contributed by atoms with van der Waals surface area (Å²) in [5, 5.41) is 3.95. The van der Waals surface area contributed by atoms with Crippen molar-refractivity contribution < 1.29 is 28.3 Å². The Labute approximate surface area is 162 Å². The maximum atomic E-state index is 12.2. The van der Waals surface area contributed by atoms with Gasteiger partial charge in [0, 0.05) is 11.6 Å². The fraction of sp³-hybridized carbons (Fsp3) is 0.238. The van der Waals surface area contributed by atoms with Crippen molar-refractivity contribution in [3.63, 3.8) is 0 Å². The fourth-order valence-corrected chi connectivity index (χ4v) is 2.58. The van der Waals surface area contributed by atoms with Gasteiger partial charge in [0.1, 0.15) is 18.1 Å². The zero-order valence-electron chi connectivity index (χ0n) is 15.9. The highest BCUT2D eigenvalue weighted by molar-refractivity contribution is 5.89. The van der Waals surface area contributed by atoms with Gasteiger partial charge in [-0.1, -0.05) is 5.16 Å². The van der Waals surface area contributed by atoms with Crippen molar-refractivity contribution in [1.29, 1.82) is 0 Å². The van der Waals surface area contributed by atoms with E-state index >= 15 is 0 Å². The Morgan fingerprint density at radius 3 is 2.43 bits per heavy atom. The van der Waals surface area contributed by atoms with Crippen LogP contribution < -0.4 is 14.2 Å². The molecule has 3 rings (SSSR count). The lowest BCUT2D eigenvalue weighted by atomic mass is 10.1. The highest BCUT2D eigenvalue weighted by Crippen LogP contribution is 2.32. The summed E-state index contributed by atoms with van der Waals surface area (Å²) in [6, 6.07) is 13.9. The molecule has 1 aromatic heterocycles. The monoisotopic (exact) mass is 383 g/mol. The quantitative estimate of drug-likeness (QED) is 0.541. The number of methoxy groups -OCH3 is 2. The normalized spacial score (nSPS) is 10.4. The molecule has 0 spiro atoms. The molecule has 1 heterocycles. The van der Waals surface area contributed by atoms with Gasteiger partial charge in [0.15, 0.2) is 17.3 Å². The van der Waals surface area contributed by atoms with Crippen molar-refractivity contribution in [3.05, 3.63) is 59.8 Å². The van der Waals surface area contributed by atoms with Gasteiger partial charge in [-0.05, 0) is 49.4 Å². The minimum Gasteiger partial charge on any atom is -0.494 e. The van der Waals surface area contributed by atoms with E-state index in [1.807, 2.05) is 13.0 Å². The van der Waals surface area contributed by atoms with Crippen molar-refractivity contribution in [2.24, 2.45) is 0 Å². The van der Waals surface area contributed by atoms with E-state index in [1.165, 1.54) is 0 Å². The average molecular weight is 383 g/mol. The van der Waals surface area contributed by atoms with Crippen LogP contribution in [0, 0.1) is 0 Å². The minimum absolute atomic E-state index is 0.00281. The SMILES string of the molecule is CCOc1ccc(C(=O)OCc2cc(-c3ccc(OC)c(OC)c3)on2)cc1. The molecule has 0 atom stereocenters. The Kier molecular flexibility index (Phi) is 6.16. The molecule has 0 fully saturated rings. The summed E-state index contributed by atoms with van der Waals surface area (Å²) in [6.45, 7) is 2.47. The number of hydrogen-bond donors (Lipinski definition) is 0. The van der Waals surface area contributed by atoms with Crippen LogP contribution in [0.15, 0.2) is 53.1 Å². The van der Waals surface area contributed by atoms with Crippen LogP contribution in [0.1, 0.15) is 23.0 Å². The predicted octanol–water partition coefficient (Wildman–Crippen LogP) is 4.11. The largest absolute Gasteiger partial charge is 0.494 e. The third kappa shape index (κ3) is 4.43. The van der Waals surface area contributed by atoms with Gasteiger partial charge < -0.3 is 23.5 Å². The first-order valence-electron chi connectivity index (χ1n) is 8.72. The first-order chi connectivity index (χ1) is 13.6. The lowest BCUT2D eigenvalue weighted by Crippen LogP contribution is -2.05. The molecule has 0 unspecified atom stereocenters. The Morgan fingerprint density at radius 1 is 1.00 bits per heavy atom. The zero-order valence-corrected chi connectivity index (χ0v) is 15.9. The van der Waals surface area contributed by atoms with E-state index in [1.54, 1.807) is 56.7 Å². The lowest BCUT2D eigenvalue weighted by molar-refractivity contribution is 0.0464. The van der Waals surface area contributed by atoms with Gasteiger partial charge in [0.25, 0.3) is 0 Å². The van der Waals surface area contributed by atoms with Gasteiger partial charge >= 0.3 is 5.97 Å². The molecule has 7 nitrogen and oxygen atoms in total. The van der Waals surface area contributed by atoms with E-state index < -0.39 is 5.97 Å². The molecule has 7 heteroatoms. The Morgan fingerprint density at radius 2 is 1.75 bits per heavy atom. The van der Waals surface area contributed by atoms with Crippen molar-refractivity contribution in [1.82, 2.24) is 5.16 Å². The van der Waals surface area contributed by atoms with Crippen molar-refractivity contribution in [2.45, 2.75) is 13.5 Å². The summed E-state index contributed by atoms with van der Waals surface area (Å²) in [7, 11) is 3.14. The first kappa shape index (κ1) is 19.3. The van der Waals surface area contributed by atoms with Crippen molar-refractivity contribution in [3.8, 4) is 28.6 Å². The maximum absolute atomic E-state index is 12.2. The van der Waals surface area contributed by atoms with Gasteiger partial charge in [-0.15, -0.1) is 0 Å². The first-order valence-corrected chi connectivity index (χ1v) is 8.72. The van der Waals surface area contributed by atoms with Crippen molar-refractivity contribution in [2.75, 3.05) is 20.8 Å². The van der Waals surface area contributed by atoms with E-state index in [0.717, 1.165) is 5.56 Å². The van der Waals surface area contributed by atoms with Gasteiger partial charge in [-0.25, -0.2) is 4.79 Å². The number of rotatable bonds is 8. The second kappa shape index (κ2) is 8.94. The molecule has 0 radical (unpaired) electrons. The second-order valence-electron chi connectivity index (χ2n) is 5.79. The molecule has 0 aliphatic rings. The van der Waals surface area contributed by atoms with Gasteiger partial charge in [0.05, 0.1) is 26.4 Å².